The molecule has 0 saturated heterocycles. The van der Waals surface area contributed by atoms with Gasteiger partial charge in [0, 0.05) is 22.6 Å². The van der Waals surface area contributed by atoms with Gasteiger partial charge in [-0.15, -0.1) is 23.1 Å². The van der Waals surface area contributed by atoms with Crippen LogP contribution in [0.2, 0.25) is 0 Å². The first-order chi connectivity index (χ1) is 13.9. The number of amides is 2. The summed E-state index contributed by atoms with van der Waals surface area (Å²) in [6.07, 6.45) is 0. The van der Waals surface area contributed by atoms with Gasteiger partial charge >= 0.3 is 0 Å². The van der Waals surface area contributed by atoms with Crippen LogP contribution in [0, 0.1) is 17.0 Å². The molecule has 0 fully saturated rings. The van der Waals surface area contributed by atoms with Crippen LogP contribution in [0.4, 0.5) is 5.69 Å². The number of aromatic nitrogens is 1. The number of rotatable bonds is 6. The topological polar surface area (TPSA) is 114 Å². The number of carbonyl (C=O) groups excluding carboxylic acids is 2. The number of thiazole rings is 1. The molecule has 29 heavy (non-hydrogen) atoms. The molecular formula is C19H16N4O4S2. The first-order valence-electron chi connectivity index (χ1n) is 8.43. The predicted octanol–water partition coefficient (Wildman–Crippen LogP) is 3.58. The van der Waals surface area contributed by atoms with Crippen LogP contribution in [-0.2, 0) is 4.79 Å². The molecule has 0 radical (unpaired) electrons. The summed E-state index contributed by atoms with van der Waals surface area (Å²) in [6, 6.07) is 15.4. The SMILES string of the molecule is Cc1nc(-c2ccccc2)sc1C(=O)NNC(=O)CSc1ccc([N+](=O)[O-])cc1. The van der Waals surface area contributed by atoms with Crippen molar-refractivity contribution in [1.82, 2.24) is 15.8 Å². The smallest absolute Gasteiger partial charge is 0.272 e. The van der Waals surface area contributed by atoms with Crippen molar-refractivity contribution >= 4 is 40.6 Å². The van der Waals surface area contributed by atoms with Crippen LogP contribution in [0.1, 0.15) is 15.4 Å². The highest BCUT2D eigenvalue weighted by molar-refractivity contribution is 8.00. The third-order valence-electron chi connectivity index (χ3n) is 3.76. The summed E-state index contributed by atoms with van der Waals surface area (Å²) in [7, 11) is 0. The van der Waals surface area contributed by atoms with Gasteiger partial charge in [-0.05, 0) is 19.1 Å². The monoisotopic (exact) mass is 428 g/mol. The van der Waals surface area contributed by atoms with E-state index >= 15 is 0 Å². The Bertz CT molecular complexity index is 1040. The minimum Gasteiger partial charge on any atom is -0.272 e. The Morgan fingerprint density at radius 3 is 2.45 bits per heavy atom. The molecule has 148 valence electrons. The van der Waals surface area contributed by atoms with E-state index < -0.39 is 16.7 Å². The quantitative estimate of drug-likeness (QED) is 0.352. The first-order valence-corrected chi connectivity index (χ1v) is 10.2. The highest BCUT2D eigenvalue weighted by Crippen LogP contribution is 2.27. The number of thioether (sulfide) groups is 1. The lowest BCUT2D eigenvalue weighted by Crippen LogP contribution is -2.42. The van der Waals surface area contributed by atoms with Crippen molar-refractivity contribution < 1.29 is 14.5 Å². The van der Waals surface area contributed by atoms with Crippen LogP contribution in [-0.4, -0.2) is 27.5 Å². The molecule has 0 aliphatic carbocycles. The fraction of sp³-hybridized carbons (Fsp3) is 0.105. The Morgan fingerprint density at radius 1 is 1.10 bits per heavy atom. The Kier molecular flexibility index (Phi) is 6.57. The number of benzene rings is 2. The number of nitro groups is 1. The summed E-state index contributed by atoms with van der Waals surface area (Å²) in [5, 5.41) is 11.4. The molecule has 0 unspecified atom stereocenters. The van der Waals surface area contributed by atoms with Crippen LogP contribution in [0.15, 0.2) is 59.5 Å². The average Bonchev–Trinajstić information content (AvgIpc) is 3.13. The van der Waals surface area contributed by atoms with Crippen molar-refractivity contribution in [2.45, 2.75) is 11.8 Å². The largest absolute Gasteiger partial charge is 0.281 e. The number of nitrogens with one attached hydrogen (secondary N) is 2. The van der Waals surface area contributed by atoms with Gasteiger partial charge < -0.3 is 0 Å². The minimum atomic E-state index is -0.485. The highest BCUT2D eigenvalue weighted by atomic mass is 32.2. The zero-order chi connectivity index (χ0) is 20.8. The third-order valence-corrected chi connectivity index (χ3v) is 5.97. The van der Waals surface area contributed by atoms with Crippen molar-refractivity contribution in [2.75, 3.05) is 5.75 Å². The van der Waals surface area contributed by atoms with Gasteiger partial charge in [-0.3, -0.25) is 30.6 Å². The molecule has 1 aromatic heterocycles. The van der Waals surface area contributed by atoms with Gasteiger partial charge in [0.15, 0.2) is 0 Å². The molecule has 0 aliphatic heterocycles. The van der Waals surface area contributed by atoms with Crippen molar-refractivity contribution in [3.05, 3.63) is 75.3 Å². The van der Waals surface area contributed by atoms with E-state index in [2.05, 4.69) is 15.8 Å². The van der Waals surface area contributed by atoms with Crippen LogP contribution < -0.4 is 10.9 Å². The van der Waals surface area contributed by atoms with E-state index in [4.69, 9.17) is 0 Å². The van der Waals surface area contributed by atoms with E-state index in [9.17, 15) is 19.7 Å². The molecule has 0 aliphatic rings. The van der Waals surface area contributed by atoms with Crippen molar-refractivity contribution in [3.8, 4) is 10.6 Å². The zero-order valence-corrected chi connectivity index (χ0v) is 16.9. The van der Waals surface area contributed by atoms with E-state index in [-0.39, 0.29) is 11.4 Å². The second-order valence-electron chi connectivity index (χ2n) is 5.84. The maximum atomic E-state index is 12.4. The number of hydrazine groups is 1. The van der Waals surface area contributed by atoms with Crippen LogP contribution in [0.25, 0.3) is 10.6 Å². The molecule has 0 atom stereocenters. The normalized spacial score (nSPS) is 10.4. The maximum Gasteiger partial charge on any atom is 0.281 e. The van der Waals surface area contributed by atoms with Gasteiger partial charge in [0.1, 0.15) is 9.88 Å². The number of aryl methyl sites for hydroxylation is 1. The lowest BCUT2D eigenvalue weighted by molar-refractivity contribution is -0.384. The summed E-state index contributed by atoms with van der Waals surface area (Å²) in [4.78, 5) is 40.0. The number of hydrogen-bond donors (Lipinski definition) is 2. The number of non-ortho nitro benzene ring substituents is 1. The summed E-state index contributed by atoms with van der Waals surface area (Å²) in [5.74, 6) is -0.780. The van der Waals surface area contributed by atoms with Gasteiger partial charge in [-0.2, -0.15) is 0 Å². The fourth-order valence-corrected chi connectivity index (χ4v) is 4.01. The number of nitro benzene ring substituents is 1. The fourth-order valence-electron chi connectivity index (χ4n) is 2.34. The number of carbonyl (C=O) groups is 2. The van der Waals surface area contributed by atoms with Gasteiger partial charge in [0.2, 0.25) is 5.91 Å². The Labute approximate surface area is 174 Å². The molecule has 3 aromatic rings. The molecule has 8 nitrogen and oxygen atoms in total. The molecule has 0 spiro atoms. The van der Waals surface area contributed by atoms with Crippen molar-refractivity contribution in [3.63, 3.8) is 0 Å². The lowest BCUT2D eigenvalue weighted by atomic mass is 10.2. The number of hydrogen-bond acceptors (Lipinski definition) is 7. The van der Waals surface area contributed by atoms with E-state index in [1.807, 2.05) is 30.3 Å². The van der Waals surface area contributed by atoms with Gasteiger partial charge in [-0.25, -0.2) is 4.98 Å². The van der Waals surface area contributed by atoms with E-state index in [0.717, 1.165) is 10.6 Å². The summed E-state index contributed by atoms with van der Waals surface area (Å²) < 4.78 is 0. The Morgan fingerprint density at radius 2 is 1.79 bits per heavy atom. The molecule has 2 aromatic carbocycles. The molecular weight excluding hydrogens is 412 g/mol. The molecule has 0 saturated carbocycles. The summed E-state index contributed by atoms with van der Waals surface area (Å²) >= 11 is 2.46. The van der Waals surface area contributed by atoms with Crippen LogP contribution in [0.3, 0.4) is 0 Å². The molecule has 2 N–H and O–H groups in total. The van der Waals surface area contributed by atoms with Crippen LogP contribution >= 0.6 is 23.1 Å². The lowest BCUT2D eigenvalue weighted by Gasteiger charge is -2.06. The molecule has 3 rings (SSSR count). The molecule has 1 heterocycles. The van der Waals surface area contributed by atoms with Gasteiger partial charge in [-0.1, -0.05) is 30.3 Å². The van der Waals surface area contributed by atoms with Gasteiger partial charge in [0.05, 0.1) is 16.4 Å². The summed E-state index contributed by atoms with van der Waals surface area (Å²) in [5.41, 5.74) is 6.25. The van der Waals surface area contributed by atoms with E-state index in [0.29, 0.717) is 15.5 Å². The van der Waals surface area contributed by atoms with E-state index in [1.165, 1.54) is 35.2 Å². The predicted molar refractivity (Wildman–Crippen MR) is 112 cm³/mol. The average molecular weight is 428 g/mol. The first kappa shape index (κ1) is 20.5. The van der Waals surface area contributed by atoms with Gasteiger partial charge in [0.25, 0.3) is 11.6 Å². The zero-order valence-electron chi connectivity index (χ0n) is 15.2. The van der Waals surface area contributed by atoms with Crippen molar-refractivity contribution in [2.24, 2.45) is 0 Å². The number of nitrogens with zero attached hydrogens (tertiary/aromatic N) is 2. The van der Waals surface area contributed by atoms with Crippen LogP contribution in [0.5, 0.6) is 0 Å². The third kappa shape index (κ3) is 5.39. The molecule has 0 bridgehead atoms. The maximum absolute atomic E-state index is 12.4. The molecule has 10 heteroatoms. The Hall–Kier alpha value is -3.24. The minimum absolute atomic E-state index is 0.0131. The second kappa shape index (κ2) is 9.30. The highest BCUT2D eigenvalue weighted by Gasteiger charge is 2.17. The summed E-state index contributed by atoms with van der Waals surface area (Å²) in [6.45, 7) is 1.74. The second-order valence-corrected chi connectivity index (χ2v) is 7.89. The standard InChI is InChI=1S/C19H16N4O4S2/c1-12-17(29-19(20-12)13-5-3-2-4-6-13)18(25)22-21-16(24)11-28-15-9-7-14(8-10-15)23(26)27/h2-10H,11H2,1H3,(H,21,24)(H,22,25). The Balaban J connectivity index is 1.52. The molecule has 2 amide bonds. The van der Waals surface area contributed by atoms with E-state index in [1.54, 1.807) is 19.1 Å². The van der Waals surface area contributed by atoms with Crippen molar-refractivity contribution in [1.29, 1.82) is 0 Å².